The lowest BCUT2D eigenvalue weighted by molar-refractivity contribution is -0.139. The van der Waals surface area contributed by atoms with E-state index in [4.69, 9.17) is 5.73 Å². The molecule has 2 aromatic rings. The van der Waals surface area contributed by atoms with Gasteiger partial charge < -0.3 is 16.0 Å². The SMILES string of the molecule is NC(=O)C1CN(C2CCNCC2)CCCN1C(=O)CCc1ccc2[nH]ncc2c1. The smallest absolute Gasteiger partial charge is 0.241 e. The molecular weight excluding hydrogens is 368 g/mol. The fourth-order valence-electron chi connectivity index (χ4n) is 4.60. The van der Waals surface area contributed by atoms with E-state index in [9.17, 15) is 9.59 Å². The summed E-state index contributed by atoms with van der Waals surface area (Å²) in [6, 6.07) is 5.97. The van der Waals surface area contributed by atoms with Crippen molar-refractivity contribution in [3.8, 4) is 0 Å². The maximum absolute atomic E-state index is 13.0. The van der Waals surface area contributed by atoms with Crippen molar-refractivity contribution in [1.29, 1.82) is 0 Å². The number of piperidine rings is 1. The number of hydrogen-bond acceptors (Lipinski definition) is 5. The highest BCUT2D eigenvalue weighted by molar-refractivity contribution is 5.87. The average Bonchev–Trinajstić information content (AvgIpc) is 3.08. The number of amides is 2. The van der Waals surface area contributed by atoms with Crippen LogP contribution in [0.25, 0.3) is 10.9 Å². The fourth-order valence-corrected chi connectivity index (χ4v) is 4.60. The first kappa shape index (κ1) is 19.8. The number of rotatable bonds is 5. The number of carbonyl (C=O) groups excluding carboxylic acids is 2. The number of benzene rings is 1. The molecule has 1 aromatic carbocycles. The molecule has 2 aliphatic rings. The van der Waals surface area contributed by atoms with E-state index >= 15 is 0 Å². The van der Waals surface area contributed by atoms with Crippen LogP contribution in [-0.4, -0.2) is 76.6 Å². The van der Waals surface area contributed by atoms with E-state index in [-0.39, 0.29) is 5.91 Å². The third-order valence-electron chi connectivity index (χ3n) is 6.23. The maximum Gasteiger partial charge on any atom is 0.241 e. The second-order valence-electron chi connectivity index (χ2n) is 8.13. The van der Waals surface area contributed by atoms with Gasteiger partial charge in [-0.2, -0.15) is 5.10 Å². The van der Waals surface area contributed by atoms with Gasteiger partial charge in [0.25, 0.3) is 0 Å². The summed E-state index contributed by atoms with van der Waals surface area (Å²) in [6.07, 6.45) is 5.83. The van der Waals surface area contributed by atoms with Crippen molar-refractivity contribution in [3.63, 3.8) is 0 Å². The van der Waals surface area contributed by atoms with Gasteiger partial charge in [0.15, 0.2) is 0 Å². The van der Waals surface area contributed by atoms with Gasteiger partial charge >= 0.3 is 0 Å². The van der Waals surface area contributed by atoms with E-state index < -0.39 is 11.9 Å². The van der Waals surface area contributed by atoms with E-state index in [1.807, 2.05) is 12.1 Å². The lowest BCUT2D eigenvalue weighted by atomic mass is 10.0. The molecule has 0 bridgehead atoms. The van der Waals surface area contributed by atoms with Crippen LogP contribution in [0.5, 0.6) is 0 Å². The fraction of sp³-hybridized carbons (Fsp3) is 0.571. The van der Waals surface area contributed by atoms with Gasteiger partial charge in [-0.1, -0.05) is 6.07 Å². The van der Waals surface area contributed by atoms with E-state index in [0.717, 1.165) is 55.4 Å². The molecule has 2 saturated heterocycles. The lowest BCUT2D eigenvalue weighted by Gasteiger charge is -2.36. The van der Waals surface area contributed by atoms with Crippen LogP contribution in [0.3, 0.4) is 0 Å². The molecule has 2 aliphatic heterocycles. The molecule has 156 valence electrons. The Morgan fingerprint density at radius 1 is 1.21 bits per heavy atom. The topological polar surface area (TPSA) is 107 Å². The van der Waals surface area contributed by atoms with E-state index in [1.54, 1.807) is 11.1 Å². The minimum absolute atomic E-state index is 0.00764. The van der Waals surface area contributed by atoms with Gasteiger partial charge in [-0.25, -0.2) is 0 Å². The number of H-pyrrole nitrogens is 1. The molecule has 0 radical (unpaired) electrons. The second-order valence-corrected chi connectivity index (χ2v) is 8.13. The maximum atomic E-state index is 13.0. The quantitative estimate of drug-likeness (QED) is 0.685. The molecule has 1 unspecified atom stereocenters. The molecule has 4 rings (SSSR count). The largest absolute Gasteiger partial charge is 0.368 e. The van der Waals surface area contributed by atoms with Gasteiger partial charge in [-0.05, 0) is 56.5 Å². The summed E-state index contributed by atoms with van der Waals surface area (Å²) in [5.74, 6) is -0.396. The van der Waals surface area contributed by atoms with Gasteiger partial charge in [-0.15, -0.1) is 0 Å². The van der Waals surface area contributed by atoms with Crippen molar-refractivity contribution in [3.05, 3.63) is 30.0 Å². The zero-order valence-electron chi connectivity index (χ0n) is 16.8. The van der Waals surface area contributed by atoms with Crippen LogP contribution < -0.4 is 11.1 Å². The van der Waals surface area contributed by atoms with E-state index in [1.165, 1.54) is 0 Å². The molecule has 3 heterocycles. The number of aromatic amines is 1. The molecule has 1 aromatic heterocycles. The van der Waals surface area contributed by atoms with Crippen LogP contribution in [0.2, 0.25) is 0 Å². The van der Waals surface area contributed by atoms with Crippen LogP contribution in [-0.2, 0) is 16.0 Å². The lowest BCUT2D eigenvalue weighted by Crippen LogP contribution is -2.54. The number of nitrogens with zero attached hydrogens (tertiary/aromatic N) is 3. The Balaban J connectivity index is 1.40. The van der Waals surface area contributed by atoms with Crippen molar-refractivity contribution in [2.75, 3.05) is 32.7 Å². The summed E-state index contributed by atoms with van der Waals surface area (Å²) in [4.78, 5) is 29.3. The summed E-state index contributed by atoms with van der Waals surface area (Å²) >= 11 is 0. The highest BCUT2D eigenvalue weighted by atomic mass is 16.2. The third kappa shape index (κ3) is 4.59. The van der Waals surface area contributed by atoms with Crippen LogP contribution in [0.4, 0.5) is 0 Å². The molecule has 4 N–H and O–H groups in total. The number of fused-ring (bicyclic) bond motifs is 1. The van der Waals surface area contributed by atoms with E-state index in [0.29, 0.717) is 32.0 Å². The number of hydrogen-bond donors (Lipinski definition) is 3. The van der Waals surface area contributed by atoms with Crippen molar-refractivity contribution in [2.45, 2.75) is 44.2 Å². The Hall–Kier alpha value is -2.45. The minimum Gasteiger partial charge on any atom is -0.368 e. The molecule has 0 spiro atoms. The Morgan fingerprint density at radius 3 is 2.83 bits per heavy atom. The highest BCUT2D eigenvalue weighted by Crippen LogP contribution is 2.20. The predicted molar refractivity (Wildman–Crippen MR) is 111 cm³/mol. The summed E-state index contributed by atoms with van der Waals surface area (Å²) in [6.45, 7) is 4.06. The first-order chi connectivity index (χ1) is 14.1. The van der Waals surface area contributed by atoms with Crippen molar-refractivity contribution in [2.24, 2.45) is 5.73 Å². The van der Waals surface area contributed by atoms with E-state index in [2.05, 4.69) is 26.5 Å². The Labute approximate surface area is 170 Å². The Morgan fingerprint density at radius 2 is 2.03 bits per heavy atom. The second kappa shape index (κ2) is 8.92. The molecule has 29 heavy (non-hydrogen) atoms. The minimum atomic E-state index is -0.545. The molecule has 8 nitrogen and oxygen atoms in total. The van der Waals surface area contributed by atoms with Gasteiger partial charge in [0.1, 0.15) is 6.04 Å². The van der Waals surface area contributed by atoms with Crippen molar-refractivity contribution < 1.29 is 9.59 Å². The molecule has 1 atom stereocenters. The number of carbonyl (C=O) groups is 2. The Kier molecular flexibility index (Phi) is 6.10. The number of primary amides is 1. The van der Waals surface area contributed by atoms with Crippen molar-refractivity contribution >= 4 is 22.7 Å². The molecule has 2 amide bonds. The van der Waals surface area contributed by atoms with Gasteiger partial charge in [-0.3, -0.25) is 19.6 Å². The number of nitrogens with one attached hydrogen (secondary N) is 2. The molecule has 2 fully saturated rings. The summed E-state index contributed by atoms with van der Waals surface area (Å²) in [7, 11) is 0. The molecular formula is C21H30N6O2. The average molecular weight is 399 g/mol. The summed E-state index contributed by atoms with van der Waals surface area (Å²) in [5, 5.41) is 11.4. The first-order valence-electron chi connectivity index (χ1n) is 10.6. The zero-order chi connectivity index (χ0) is 20.2. The number of aryl methyl sites for hydroxylation is 1. The van der Waals surface area contributed by atoms with Gasteiger partial charge in [0.2, 0.25) is 11.8 Å². The third-order valence-corrected chi connectivity index (χ3v) is 6.23. The zero-order valence-corrected chi connectivity index (χ0v) is 16.8. The van der Waals surface area contributed by atoms with Crippen LogP contribution in [0.1, 0.15) is 31.2 Å². The number of aromatic nitrogens is 2. The predicted octanol–water partition coefficient (Wildman–Crippen LogP) is 0.636. The number of nitrogens with two attached hydrogens (primary N) is 1. The normalized spacial score (nSPS) is 21.9. The molecule has 0 saturated carbocycles. The molecule has 8 heteroatoms. The molecule has 0 aliphatic carbocycles. The Bertz CT molecular complexity index is 860. The van der Waals surface area contributed by atoms with Gasteiger partial charge in [0.05, 0.1) is 11.7 Å². The summed E-state index contributed by atoms with van der Waals surface area (Å²) < 4.78 is 0. The van der Waals surface area contributed by atoms with Gasteiger partial charge in [0, 0.05) is 37.5 Å². The first-order valence-corrected chi connectivity index (χ1v) is 10.6. The standard InChI is InChI=1S/C21H30N6O2/c22-21(29)19-14-26(17-6-8-23-9-7-17)10-1-11-27(19)20(28)5-3-15-2-4-18-16(12-15)13-24-25-18/h2,4,12-13,17,19,23H,1,3,5-11,14H2,(H2,22,29)(H,24,25). The van der Waals surface area contributed by atoms with Crippen LogP contribution in [0, 0.1) is 0 Å². The van der Waals surface area contributed by atoms with Crippen molar-refractivity contribution in [1.82, 2.24) is 25.3 Å². The monoisotopic (exact) mass is 398 g/mol. The van der Waals surface area contributed by atoms with Crippen LogP contribution >= 0.6 is 0 Å². The highest BCUT2D eigenvalue weighted by Gasteiger charge is 2.34. The van der Waals surface area contributed by atoms with Crippen LogP contribution in [0.15, 0.2) is 24.4 Å². The summed E-state index contributed by atoms with van der Waals surface area (Å²) in [5.41, 5.74) is 7.81.